The summed E-state index contributed by atoms with van der Waals surface area (Å²) in [4.78, 5) is 13.4. The summed E-state index contributed by atoms with van der Waals surface area (Å²) in [6, 6.07) is 0.271. The van der Waals surface area contributed by atoms with Crippen LogP contribution in [0.5, 0.6) is 0 Å². The molecule has 0 saturated heterocycles. The topological polar surface area (TPSA) is 59.4 Å². The minimum atomic E-state index is -0.387. The molecule has 0 aliphatic carbocycles. The number of likely N-dealkylation sites (N-methyl/N-ethyl adjacent to an activating group) is 1. The first-order valence-electron chi connectivity index (χ1n) is 6.98. The summed E-state index contributed by atoms with van der Waals surface area (Å²) in [5, 5.41) is 7.18. The van der Waals surface area contributed by atoms with E-state index in [2.05, 4.69) is 40.8 Å². The normalized spacial score (nSPS) is 12.6. The largest absolute Gasteiger partial charge is 0.453 e. The lowest BCUT2D eigenvalue weighted by molar-refractivity contribution is 0.165. The van der Waals surface area contributed by atoms with Gasteiger partial charge < -0.3 is 10.1 Å². The molecule has 1 unspecified atom stereocenters. The summed E-state index contributed by atoms with van der Waals surface area (Å²) >= 11 is 0. The predicted octanol–water partition coefficient (Wildman–Crippen LogP) is 1.78. The molecule has 1 aromatic rings. The second kappa shape index (κ2) is 7.28. The number of aryl methyl sites for hydroxylation is 2. The molecule has 0 aromatic carbocycles. The summed E-state index contributed by atoms with van der Waals surface area (Å²) in [6.07, 6.45) is -0.387. The van der Waals surface area contributed by atoms with Crippen molar-refractivity contribution in [3.05, 3.63) is 17.0 Å². The highest BCUT2D eigenvalue weighted by Crippen LogP contribution is 2.25. The lowest BCUT2D eigenvalue weighted by Crippen LogP contribution is -2.36. The van der Waals surface area contributed by atoms with Gasteiger partial charge in [-0.3, -0.25) is 9.58 Å². The number of ether oxygens (including phenoxy) is 1. The molecular weight excluding hydrogens is 256 g/mol. The van der Waals surface area contributed by atoms with Crippen molar-refractivity contribution >= 4 is 6.09 Å². The Morgan fingerprint density at radius 1 is 1.50 bits per heavy atom. The van der Waals surface area contributed by atoms with E-state index in [0.717, 1.165) is 18.8 Å². The molecule has 0 aliphatic heterocycles. The van der Waals surface area contributed by atoms with Gasteiger partial charge in [0.25, 0.3) is 0 Å². The van der Waals surface area contributed by atoms with E-state index in [9.17, 15) is 4.79 Å². The van der Waals surface area contributed by atoms with Gasteiger partial charge in [0, 0.05) is 37.4 Å². The van der Waals surface area contributed by atoms with Crippen molar-refractivity contribution < 1.29 is 9.53 Å². The van der Waals surface area contributed by atoms with Crippen LogP contribution in [0, 0.1) is 13.8 Å². The van der Waals surface area contributed by atoms with E-state index in [4.69, 9.17) is 0 Å². The van der Waals surface area contributed by atoms with E-state index >= 15 is 0 Å². The quantitative estimate of drug-likeness (QED) is 0.864. The number of carbonyl (C=O) groups is 1. The Kier molecular flexibility index (Phi) is 6.01. The lowest BCUT2D eigenvalue weighted by Gasteiger charge is -2.28. The van der Waals surface area contributed by atoms with Crippen LogP contribution in [0.4, 0.5) is 4.79 Å². The molecule has 6 heteroatoms. The number of aromatic nitrogens is 2. The molecule has 6 nitrogen and oxygen atoms in total. The summed E-state index contributed by atoms with van der Waals surface area (Å²) in [5.74, 6) is 0. The number of amides is 1. The fourth-order valence-electron chi connectivity index (χ4n) is 2.58. The highest BCUT2D eigenvalue weighted by molar-refractivity contribution is 5.66. The standard InChI is InChI=1S/C14H26N4O2/c1-7-18(9-8-15-14(19)20-6)12(4)13-10(2)16-17(5)11(13)3/h12H,7-9H2,1-6H3,(H,15,19). The van der Waals surface area contributed by atoms with E-state index in [-0.39, 0.29) is 12.1 Å². The van der Waals surface area contributed by atoms with Gasteiger partial charge in [-0.05, 0) is 27.3 Å². The first-order chi connectivity index (χ1) is 9.42. The second-order valence-corrected chi connectivity index (χ2v) is 4.93. The smallest absolute Gasteiger partial charge is 0.406 e. The maximum Gasteiger partial charge on any atom is 0.406 e. The Bertz CT molecular complexity index is 456. The molecule has 1 atom stereocenters. The fourth-order valence-corrected chi connectivity index (χ4v) is 2.58. The summed E-state index contributed by atoms with van der Waals surface area (Å²) in [7, 11) is 3.34. The zero-order chi connectivity index (χ0) is 15.3. The van der Waals surface area contributed by atoms with Crippen molar-refractivity contribution in [1.82, 2.24) is 20.0 Å². The van der Waals surface area contributed by atoms with Crippen molar-refractivity contribution in [3.8, 4) is 0 Å². The highest BCUT2D eigenvalue weighted by atomic mass is 16.5. The average molecular weight is 282 g/mol. The van der Waals surface area contributed by atoms with Gasteiger partial charge in [0.05, 0.1) is 12.8 Å². The van der Waals surface area contributed by atoms with Crippen LogP contribution in [0.3, 0.4) is 0 Å². The molecular formula is C14H26N4O2. The number of nitrogens with zero attached hydrogens (tertiary/aromatic N) is 3. The molecule has 0 radical (unpaired) electrons. The van der Waals surface area contributed by atoms with Gasteiger partial charge in [-0.2, -0.15) is 5.10 Å². The summed E-state index contributed by atoms with van der Waals surface area (Å²) in [6.45, 7) is 10.7. The van der Waals surface area contributed by atoms with Crippen molar-refractivity contribution in [2.75, 3.05) is 26.7 Å². The Balaban J connectivity index is 2.71. The van der Waals surface area contributed by atoms with Gasteiger partial charge in [0.1, 0.15) is 0 Å². The molecule has 0 saturated carbocycles. The van der Waals surface area contributed by atoms with E-state index in [1.54, 1.807) is 0 Å². The Labute approximate surface area is 121 Å². The van der Waals surface area contributed by atoms with Gasteiger partial charge >= 0.3 is 6.09 Å². The third kappa shape index (κ3) is 3.72. The van der Waals surface area contributed by atoms with Gasteiger partial charge in [-0.25, -0.2) is 4.79 Å². The first-order valence-corrected chi connectivity index (χ1v) is 6.98. The second-order valence-electron chi connectivity index (χ2n) is 4.93. The van der Waals surface area contributed by atoms with E-state index < -0.39 is 0 Å². The number of nitrogens with one attached hydrogen (secondary N) is 1. The molecule has 1 heterocycles. The van der Waals surface area contributed by atoms with Crippen molar-refractivity contribution in [1.29, 1.82) is 0 Å². The van der Waals surface area contributed by atoms with E-state index in [1.807, 2.05) is 18.7 Å². The molecule has 1 amide bonds. The molecule has 1 rings (SSSR count). The number of carbonyl (C=O) groups excluding carboxylic acids is 1. The number of methoxy groups -OCH3 is 1. The SMILES string of the molecule is CCN(CCNC(=O)OC)C(C)c1c(C)nn(C)c1C. The first kappa shape index (κ1) is 16.5. The van der Waals surface area contributed by atoms with Crippen LogP contribution in [0.2, 0.25) is 0 Å². The average Bonchev–Trinajstić information content (AvgIpc) is 2.67. The minimum Gasteiger partial charge on any atom is -0.453 e. The highest BCUT2D eigenvalue weighted by Gasteiger charge is 2.21. The maximum absolute atomic E-state index is 11.1. The van der Waals surface area contributed by atoms with E-state index in [1.165, 1.54) is 18.4 Å². The Morgan fingerprint density at radius 3 is 2.60 bits per heavy atom. The fraction of sp³-hybridized carbons (Fsp3) is 0.714. The van der Waals surface area contributed by atoms with Gasteiger partial charge in [0.2, 0.25) is 0 Å². The molecule has 0 aliphatic rings. The van der Waals surface area contributed by atoms with Crippen LogP contribution in [-0.2, 0) is 11.8 Å². The molecule has 0 bridgehead atoms. The molecule has 114 valence electrons. The van der Waals surface area contributed by atoms with E-state index in [0.29, 0.717) is 6.54 Å². The molecule has 0 spiro atoms. The third-order valence-corrected chi connectivity index (χ3v) is 3.79. The molecule has 20 heavy (non-hydrogen) atoms. The van der Waals surface area contributed by atoms with Gasteiger partial charge in [0.15, 0.2) is 0 Å². The summed E-state index contributed by atoms with van der Waals surface area (Å²) in [5.41, 5.74) is 3.53. The van der Waals surface area contributed by atoms with Crippen LogP contribution in [0.15, 0.2) is 0 Å². The zero-order valence-electron chi connectivity index (χ0n) is 13.4. The number of alkyl carbamates (subject to hydrolysis) is 1. The van der Waals surface area contributed by atoms with Crippen LogP contribution in [-0.4, -0.2) is 47.5 Å². The number of hydrogen-bond acceptors (Lipinski definition) is 4. The van der Waals surface area contributed by atoms with Crippen LogP contribution in [0.1, 0.15) is 36.8 Å². The lowest BCUT2D eigenvalue weighted by atomic mass is 10.0. The Hall–Kier alpha value is -1.56. The van der Waals surface area contributed by atoms with Crippen LogP contribution < -0.4 is 5.32 Å². The summed E-state index contributed by atoms with van der Waals surface area (Å²) < 4.78 is 6.49. The van der Waals surface area contributed by atoms with Crippen LogP contribution in [0.25, 0.3) is 0 Å². The Morgan fingerprint density at radius 2 is 2.15 bits per heavy atom. The molecule has 1 N–H and O–H groups in total. The minimum absolute atomic E-state index is 0.271. The predicted molar refractivity (Wildman–Crippen MR) is 78.8 cm³/mol. The maximum atomic E-state index is 11.1. The number of rotatable bonds is 6. The van der Waals surface area contributed by atoms with Crippen LogP contribution >= 0.6 is 0 Å². The number of hydrogen-bond donors (Lipinski definition) is 1. The van der Waals surface area contributed by atoms with Crippen molar-refractivity contribution in [2.45, 2.75) is 33.7 Å². The monoisotopic (exact) mass is 282 g/mol. The molecule has 0 fully saturated rings. The van der Waals surface area contributed by atoms with Crippen molar-refractivity contribution in [3.63, 3.8) is 0 Å². The van der Waals surface area contributed by atoms with Gasteiger partial charge in [-0.1, -0.05) is 6.92 Å². The van der Waals surface area contributed by atoms with Gasteiger partial charge in [-0.15, -0.1) is 0 Å². The zero-order valence-corrected chi connectivity index (χ0v) is 13.4. The van der Waals surface area contributed by atoms with Crippen molar-refractivity contribution in [2.24, 2.45) is 7.05 Å². The third-order valence-electron chi connectivity index (χ3n) is 3.79. The molecule has 1 aromatic heterocycles.